The molecule has 2 heterocycles. The van der Waals surface area contributed by atoms with Crippen molar-refractivity contribution in [2.45, 2.75) is 13.3 Å². The van der Waals surface area contributed by atoms with Crippen LogP contribution in [0.15, 0.2) is 83.3 Å². The van der Waals surface area contributed by atoms with Crippen molar-refractivity contribution in [2.75, 3.05) is 25.2 Å². The van der Waals surface area contributed by atoms with E-state index in [9.17, 15) is 14.7 Å². The summed E-state index contributed by atoms with van der Waals surface area (Å²) in [7, 11) is 0. The minimum Gasteiger partial charge on any atom is -0.502 e. The van der Waals surface area contributed by atoms with Crippen molar-refractivity contribution in [1.29, 1.82) is 0 Å². The largest absolute Gasteiger partial charge is 0.502 e. The second-order valence-electron chi connectivity index (χ2n) is 7.70. The van der Waals surface area contributed by atoms with Gasteiger partial charge in [0.1, 0.15) is 19.0 Å². The number of para-hydroxylation sites is 1. The van der Waals surface area contributed by atoms with Gasteiger partial charge in [-0.15, -0.1) is 0 Å². The van der Waals surface area contributed by atoms with Gasteiger partial charge in [-0.3, -0.25) is 14.3 Å². The first-order valence-corrected chi connectivity index (χ1v) is 10.4. The molecule has 0 saturated heterocycles. The highest BCUT2D eigenvalue weighted by Crippen LogP contribution is 2.22. The maximum atomic E-state index is 12.7. The second-order valence-corrected chi connectivity index (χ2v) is 7.70. The molecule has 4 rings (SSSR count). The zero-order chi connectivity index (χ0) is 22.5. The lowest BCUT2D eigenvalue weighted by molar-refractivity contribution is 0.0737. The number of nitrogens with one attached hydrogen (secondary N) is 1. The molecule has 0 spiro atoms. The van der Waals surface area contributed by atoms with Gasteiger partial charge in [-0.25, -0.2) is 0 Å². The van der Waals surface area contributed by atoms with Crippen molar-refractivity contribution in [1.82, 2.24) is 9.58 Å². The van der Waals surface area contributed by atoms with Crippen molar-refractivity contribution in [3.8, 4) is 11.5 Å². The van der Waals surface area contributed by atoms with Crippen LogP contribution in [0.1, 0.15) is 28.5 Å². The van der Waals surface area contributed by atoms with Gasteiger partial charge >= 0.3 is 0 Å². The summed E-state index contributed by atoms with van der Waals surface area (Å²) in [5, 5.41) is 10.0. The topological polar surface area (TPSA) is 83.8 Å². The monoisotopic (exact) mass is 431 g/mol. The summed E-state index contributed by atoms with van der Waals surface area (Å²) >= 11 is 0. The Morgan fingerprint density at radius 1 is 1.09 bits per heavy atom. The molecule has 0 aliphatic carbocycles. The van der Waals surface area contributed by atoms with Crippen molar-refractivity contribution in [3.05, 3.63) is 106 Å². The van der Waals surface area contributed by atoms with Crippen LogP contribution in [-0.2, 0) is 6.42 Å². The normalized spacial score (nSPS) is 13.5. The Morgan fingerprint density at radius 3 is 2.66 bits per heavy atom. The van der Waals surface area contributed by atoms with E-state index in [0.29, 0.717) is 13.2 Å². The number of ether oxygens (including phenoxy) is 1. The fourth-order valence-electron chi connectivity index (χ4n) is 3.62. The Labute approximate surface area is 186 Å². The molecule has 7 heteroatoms. The van der Waals surface area contributed by atoms with E-state index < -0.39 is 17.1 Å². The number of nitrogens with zero attached hydrogens (tertiary/aromatic N) is 2. The molecular weight excluding hydrogens is 406 g/mol. The van der Waals surface area contributed by atoms with Gasteiger partial charge in [-0.2, -0.15) is 0 Å². The number of hydrogen-bond donors (Lipinski definition) is 2. The van der Waals surface area contributed by atoms with E-state index in [0.717, 1.165) is 23.3 Å². The predicted molar refractivity (Wildman–Crippen MR) is 123 cm³/mol. The van der Waals surface area contributed by atoms with Gasteiger partial charge in [0.25, 0.3) is 5.91 Å². The Bertz CT molecular complexity index is 1200. The second kappa shape index (κ2) is 9.43. The molecule has 0 fully saturated rings. The minimum absolute atomic E-state index is 0.0531. The number of benzene rings is 2. The number of aromatic nitrogens is 1. The van der Waals surface area contributed by atoms with Crippen LogP contribution in [0.4, 0.5) is 0 Å². The highest BCUT2D eigenvalue weighted by molar-refractivity contribution is 5.96. The van der Waals surface area contributed by atoms with Gasteiger partial charge in [-0.1, -0.05) is 54.1 Å². The molecule has 1 aliphatic rings. The lowest BCUT2D eigenvalue weighted by Gasteiger charge is -2.31. The molecule has 0 atom stereocenters. The molecule has 2 N–H and O–H groups in total. The minimum atomic E-state index is -0.580. The van der Waals surface area contributed by atoms with Gasteiger partial charge in [-0.05, 0) is 30.2 Å². The van der Waals surface area contributed by atoms with Gasteiger partial charge in [0.05, 0.1) is 0 Å². The van der Waals surface area contributed by atoms with Crippen LogP contribution < -0.4 is 15.6 Å². The molecule has 1 aromatic heterocycles. The van der Waals surface area contributed by atoms with E-state index in [1.54, 1.807) is 0 Å². The van der Waals surface area contributed by atoms with Gasteiger partial charge in [0, 0.05) is 25.2 Å². The van der Waals surface area contributed by atoms with Gasteiger partial charge in [0.15, 0.2) is 11.4 Å². The van der Waals surface area contributed by atoms with Crippen molar-refractivity contribution in [2.24, 2.45) is 0 Å². The molecule has 7 nitrogen and oxygen atoms in total. The quantitative estimate of drug-likeness (QED) is 0.562. The SMILES string of the molecule is C/C(=C/COc1ccccc1Cc1ccccc1)CN1CNn2ccc(=O)c(O)c2C1=O. The lowest BCUT2D eigenvalue weighted by atomic mass is 10.0. The van der Waals surface area contributed by atoms with E-state index in [-0.39, 0.29) is 12.4 Å². The van der Waals surface area contributed by atoms with Gasteiger partial charge in [0.2, 0.25) is 5.43 Å². The van der Waals surface area contributed by atoms with E-state index in [1.165, 1.54) is 27.4 Å². The third-order valence-corrected chi connectivity index (χ3v) is 5.32. The molecule has 0 radical (unpaired) electrons. The highest BCUT2D eigenvalue weighted by atomic mass is 16.5. The van der Waals surface area contributed by atoms with Crippen LogP contribution in [0.25, 0.3) is 0 Å². The van der Waals surface area contributed by atoms with Crippen LogP contribution in [0, 0.1) is 0 Å². The molecular formula is C25H25N3O4. The standard InChI is InChI=1S/C25H25N3O4/c1-18(16-27-17-26-28-13-11-21(29)24(30)23(28)25(27)31)12-14-32-22-10-6-5-9-20(22)15-19-7-3-2-4-8-19/h2-13,26,30H,14-17H2,1H3/b18-12-. The summed E-state index contributed by atoms with van der Waals surface area (Å²) in [6, 6.07) is 19.4. The summed E-state index contributed by atoms with van der Waals surface area (Å²) < 4.78 is 7.38. The average molecular weight is 431 g/mol. The van der Waals surface area contributed by atoms with Crippen LogP contribution in [0.2, 0.25) is 0 Å². The van der Waals surface area contributed by atoms with Crippen LogP contribution >= 0.6 is 0 Å². The molecule has 0 unspecified atom stereocenters. The summed E-state index contributed by atoms with van der Waals surface area (Å²) in [5.41, 5.74) is 5.62. The summed E-state index contributed by atoms with van der Waals surface area (Å²) in [6.45, 7) is 2.90. The van der Waals surface area contributed by atoms with Crippen LogP contribution in [0.3, 0.4) is 0 Å². The Balaban J connectivity index is 1.39. The average Bonchev–Trinajstić information content (AvgIpc) is 2.80. The zero-order valence-electron chi connectivity index (χ0n) is 17.8. The van der Waals surface area contributed by atoms with Gasteiger partial charge < -0.3 is 20.2 Å². The molecule has 0 saturated carbocycles. The molecule has 2 aromatic carbocycles. The number of amides is 1. The van der Waals surface area contributed by atoms with E-state index in [2.05, 4.69) is 23.6 Å². The summed E-state index contributed by atoms with van der Waals surface area (Å²) in [6.07, 6.45) is 4.16. The van der Waals surface area contributed by atoms with Crippen molar-refractivity contribution in [3.63, 3.8) is 0 Å². The third-order valence-electron chi connectivity index (χ3n) is 5.32. The Hall–Kier alpha value is -4.00. The fraction of sp³-hybridized carbons (Fsp3) is 0.200. The number of aromatic hydroxyl groups is 1. The molecule has 1 aliphatic heterocycles. The number of carbonyl (C=O) groups is 1. The maximum absolute atomic E-state index is 12.7. The van der Waals surface area contributed by atoms with E-state index >= 15 is 0 Å². The number of pyridine rings is 1. The van der Waals surface area contributed by atoms with Crippen LogP contribution in [0.5, 0.6) is 11.5 Å². The smallest absolute Gasteiger partial charge is 0.278 e. The number of fused-ring (bicyclic) bond motifs is 1. The number of hydrogen-bond acceptors (Lipinski definition) is 5. The molecule has 1 amide bonds. The predicted octanol–water partition coefficient (Wildman–Crippen LogP) is 3.13. The molecule has 164 valence electrons. The first kappa shape index (κ1) is 21.2. The third kappa shape index (κ3) is 4.67. The molecule has 3 aromatic rings. The molecule has 0 bridgehead atoms. The summed E-state index contributed by atoms with van der Waals surface area (Å²) in [5.74, 6) is -0.121. The summed E-state index contributed by atoms with van der Waals surface area (Å²) in [4.78, 5) is 26.0. The first-order chi connectivity index (χ1) is 15.5. The van der Waals surface area contributed by atoms with Crippen molar-refractivity contribution < 1.29 is 14.6 Å². The highest BCUT2D eigenvalue weighted by Gasteiger charge is 2.27. The maximum Gasteiger partial charge on any atom is 0.278 e. The Kier molecular flexibility index (Phi) is 6.26. The Morgan fingerprint density at radius 2 is 1.84 bits per heavy atom. The van der Waals surface area contributed by atoms with Crippen molar-refractivity contribution >= 4 is 5.91 Å². The first-order valence-electron chi connectivity index (χ1n) is 10.4. The molecule has 32 heavy (non-hydrogen) atoms. The van der Waals surface area contributed by atoms with E-state index in [1.807, 2.05) is 49.4 Å². The number of carbonyl (C=O) groups excluding carboxylic acids is 1. The van der Waals surface area contributed by atoms with E-state index in [4.69, 9.17) is 4.74 Å². The zero-order valence-corrected chi connectivity index (χ0v) is 17.8. The fourth-order valence-corrected chi connectivity index (χ4v) is 3.62. The number of rotatable bonds is 7. The van der Waals surface area contributed by atoms with Crippen LogP contribution in [-0.4, -0.2) is 40.4 Å². The lowest BCUT2D eigenvalue weighted by Crippen LogP contribution is -2.46.